The lowest BCUT2D eigenvalue weighted by Gasteiger charge is -2.37. The Balaban J connectivity index is 1.50. The molecule has 0 radical (unpaired) electrons. The summed E-state index contributed by atoms with van der Waals surface area (Å²) < 4.78 is 5.11. The molecule has 2 aliphatic heterocycles. The van der Waals surface area contributed by atoms with Crippen LogP contribution < -0.4 is 0 Å². The van der Waals surface area contributed by atoms with Gasteiger partial charge in [-0.3, -0.25) is 19.2 Å². The number of carbonyl (C=O) groups excluding carboxylic acids is 4. The molecule has 9 nitrogen and oxygen atoms in total. The summed E-state index contributed by atoms with van der Waals surface area (Å²) in [5.41, 5.74) is 0. The first-order valence-corrected chi connectivity index (χ1v) is 8.64. The van der Waals surface area contributed by atoms with E-state index < -0.39 is 11.8 Å². The fraction of sp³-hybridized carbons (Fsp3) is 0.529. The molecule has 0 aliphatic carbocycles. The Kier molecular flexibility index (Phi) is 5.24. The predicted octanol–water partition coefficient (Wildman–Crippen LogP) is -0.745. The fourth-order valence-corrected chi connectivity index (χ4v) is 3.16. The van der Waals surface area contributed by atoms with Crippen LogP contribution in [-0.2, 0) is 14.4 Å². The summed E-state index contributed by atoms with van der Waals surface area (Å²) in [4.78, 5) is 54.7. The van der Waals surface area contributed by atoms with Gasteiger partial charge in [0.2, 0.25) is 5.91 Å². The fourth-order valence-electron chi connectivity index (χ4n) is 3.16. The standard InChI is InChI=1S/C17H22N4O5/c1-13(22)18-4-6-20(7-5-18)16(24)17(25)21-10-8-19(9-11-21)15(23)14-3-2-12-26-14/h2-3,12H,4-11H2,1H3. The monoisotopic (exact) mass is 362 g/mol. The molecular weight excluding hydrogens is 340 g/mol. The summed E-state index contributed by atoms with van der Waals surface area (Å²) in [6, 6.07) is 3.25. The largest absolute Gasteiger partial charge is 0.459 e. The summed E-state index contributed by atoms with van der Waals surface area (Å²) in [6.45, 7) is 4.44. The van der Waals surface area contributed by atoms with Gasteiger partial charge in [-0.25, -0.2) is 0 Å². The Bertz CT molecular complexity index is 686. The maximum absolute atomic E-state index is 12.5. The van der Waals surface area contributed by atoms with Gasteiger partial charge in [0.25, 0.3) is 5.91 Å². The van der Waals surface area contributed by atoms with E-state index in [0.717, 1.165) is 0 Å². The molecule has 1 aromatic rings. The number of piperazine rings is 2. The van der Waals surface area contributed by atoms with Crippen LogP contribution in [0.2, 0.25) is 0 Å². The number of hydrogen-bond acceptors (Lipinski definition) is 5. The normalized spacial score (nSPS) is 18.0. The zero-order valence-electron chi connectivity index (χ0n) is 14.7. The first-order chi connectivity index (χ1) is 12.5. The maximum Gasteiger partial charge on any atom is 0.312 e. The van der Waals surface area contributed by atoms with Crippen molar-refractivity contribution in [3.8, 4) is 0 Å². The highest BCUT2D eigenvalue weighted by molar-refractivity contribution is 6.35. The quantitative estimate of drug-likeness (QED) is 0.613. The zero-order chi connectivity index (χ0) is 18.7. The minimum absolute atomic E-state index is 0.0271. The van der Waals surface area contributed by atoms with Crippen molar-refractivity contribution in [3.63, 3.8) is 0 Å². The van der Waals surface area contributed by atoms with E-state index in [0.29, 0.717) is 52.4 Å². The molecule has 26 heavy (non-hydrogen) atoms. The molecule has 3 heterocycles. The van der Waals surface area contributed by atoms with Crippen molar-refractivity contribution in [1.29, 1.82) is 0 Å². The second-order valence-corrected chi connectivity index (χ2v) is 6.36. The van der Waals surface area contributed by atoms with Gasteiger partial charge in [0.05, 0.1) is 6.26 Å². The molecule has 0 atom stereocenters. The van der Waals surface area contributed by atoms with Crippen molar-refractivity contribution in [2.24, 2.45) is 0 Å². The first kappa shape index (κ1) is 18.0. The van der Waals surface area contributed by atoms with E-state index in [2.05, 4.69) is 0 Å². The lowest BCUT2D eigenvalue weighted by molar-refractivity contribution is -0.154. The molecule has 9 heteroatoms. The minimum Gasteiger partial charge on any atom is -0.459 e. The van der Waals surface area contributed by atoms with Gasteiger partial charge in [0.15, 0.2) is 5.76 Å². The first-order valence-electron chi connectivity index (χ1n) is 8.64. The second-order valence-electron chi connectivity index (χ2n) is 6.36. The van der Waals surface area contributed by atoms with Gasteiger partial charge in [0.1, 0.15) is 0 Å². The molecule has 0 saturated carbocycles. The molecule has 0 N–H and O–H groups in total. The molecule has 140 valence electrons. The van der Waals surface area contributed by atoms with Crippen molar-refractivity contribution in [1.82, 2.24) is 19.6 Å². The van der Waals surface area contributed by atoms with Crippen LogP contribution >= 0.6 is 0 Å². The molecule has 0 spiro atoms. The SMILES string of the molecule is CC(=O)N1CCN(C(=O)C(=O)N2CCN(C(=O)c3ccco3)CC2)CC1. The van der Waals surface area contributed by atoms with Crippen LogP contribution in [0.5, 0.6) is 0 Å². The van der Waals surface area contributed by atoms with Crippen LogP contribution in [0.15, 0.2) is 22.8 Å². The van der Waals surface area contributed by atoms with E-state index in [-0.39, 0.29) is 17.6 Å². The van der Waals surface area contributed by atoms with Gasteiger partial charge in [-0.15, -0.1) is 0 Å². The summed E-state index contributed by atoms with van der Waals surface area (Å²) in [6.07, 6.45) is 1.44. The van der Waals surface area contributed by atoms with Crippen molar-refractivity contribution in [2.75, 3.05) is 52.4 Å². The van der Waals surface area contributed by atoms with Crippen LogP contribution in [-0.4, -0.2) is 95.6 Å². The van der Waals surface area contributed by atoms with Crippen LogP contribution in [0.3, 0.4) is 0 Å². The molecule has 1 aromatic heterocycles. The number of nitrogens with zero attached hydrogens (tertiary/aromatic N) is 4. The summed E-state index contributed by atoms with van der Waals surface area (Å²) in [7, 11) is 0. The molecule has 0 bridgehead atoms. The third kappa shape index (κ3) is 3.71. The van der Waals surface area contributed by atoms with E-state index in [1.54, 1.807) is 21.9 Å². The lowest BCUT2D eigenvalue weighted by atomic mass is 10.2. The second kappa shape index (κ2) is 7.59. The Morgan fingerprint density at radius 3 is 1.65 bits per heavy atom. The number of rotatable bonds is 1. The molecule has 2 aliphatic rings. The molecular formula is C17H22N4O5. The van der Waals surface area contributed by atoms with Crippen molar-refractivity contribution in [3.05, 3.63) is 24.2 Å². The van der Waals surface area contributed by atoms with E-state index in [9.17, 15) is 19.2 Å². The minimum atomic E-state index is -0.550. The number of hydrogen-bond donors (Lipinski definition) is 0. The Morgan fingerprint density at radius 2 is 1.23 bits per heavy atom. The Morgan fingerprint density at radius 1 is 0.769 bits per heavy atom. The number of amides is 4. The highest BCUT2D eigenvalue weighted by Crippen LogP contribution is 2.11. The highest BCUT2D eigenvalue weighted by atomic mass is 16.3. The van der Waals surface area contributed by atoms with Crippen LogP contribution in [0.1, 0.15) is 17.5 Å². The smallest absolute Gasteiger partial charge is 0.312 e. The average molecular weight is 362 g/mol. The maximum atomic E-state index is 12.5. The van der Waals surface area contributed by atoms with Gasteiger partial charge in [-0.2, -0.15) is 0 Å². The number of carbonyl (C=O) groups is 4. The lowest BCUT2D eigenvalue weighted by Crippen LogP contribution is -2.57. The molecule has 3 rings (SSSR count). The molecule has 2 fully saturated rings. The van der Waals surface area contributed by atoms with Crippen LogP contribution in [0, 0.1) is 0 Å². The van der Waals surface area contributed by atoms with Crippen molar-refractivity contribution >= 4 is 23.6 Å². The van der Waals surface area contributed by atoms with Crippen molar-refractivity contribution in [2.45, 2.75) is 6.92 Å². The molecule has 0 aromatic carbocycles. The van der Waals surface area contributed by atoms with Gasteiger partial charge in [-0.05, 0) is 12.1 Å². The van der Waals surface area contributed by atoms with Gasteiger partial charge >= 0.3 is 11.8 Å². The van der Waals surface area contributed by atoms with E-state index >= 15 is 0 Å². The van der Waals surface area contributed by atoms with Crippen LogP contribution in [0.25, 0.3) is 0 Å². The highest BCUT2D eigenvalue weighted by Gasteiger charge is 2.33. The third-order valence-electron chi connectivity index (χ3n) is 4.78. The number of furan rings is 1. The molecule has 0 unspecified atom stereocenters. The van der Waals surface area contributed by atoms with E-state index in [1.165, 1.54) is 23.0 Å². The molecule has 2 saturated heterocycles. The Hall–Kier alpha value is -2.84. The summed E-state index contributed by atoms with van der Waals surface area (Å²) in [5.74, 6) is -1.07. The predicted molar refractivity (Wildman–Crippen MR) is 90.0 cm³/mol. The summed E-state index contributed by atoms with van der Waals surface area (Å²) in [5, 5.41) is 0. The Labute approximate surface area is 151 Å². The van der Waals surface area contributed by atoms with Gasteiger partial charge < -0.3 is 24.0 Å². The van der Waals surface area contributed by atoms with E-state index in [1.807, 2.05) is 0 Å². The topological polar surface area (TPSA) is 94.4 Å². The van der Waals surface area contributed by atoms with E-state index in [4.69, 9.17) is 4.42 Å². The third-order valence-corrected chi connectivity index (χ3v) is 4.78. The zero-order valence-corrected chi connectivity index (χ0v) is 14.7. The van der Waals surface area contributed by atoms with Gasteiger partial charge in [0, 0.05) is 59.3 Å². The molecule has 4 amide bonds. The van der Waals surface area contributed by atoms with Crippen molar-refractivity contribution < 1.29 is 23.6 Å². The van der Waals surface area contributed by atoms with Gasteiger partial charge in [-0.1, -0.05) is 0 Å². The summed E-state index contributed by atoms with van der Waals surface area (Å²) >= 11 is 0. The van der Waals surface area contributed by atoms with Crippen LogP contribution in [0.4, 0.5) is 0 Å². The average Bonchev–Trinajstić information content (AvgIpc) is 3.21.